The van der Waals surface area contributed by atoms with Gasteiger partial charge >= 0.3 is 0 Å². The molecule has 0 saturated heterocycles. The summed E-state index contributed by atoms with van der Waals surface area (Å²) in [6, 6.07) is 2.36. The number of hydrogen-bond acceptors (Lipinski definition) is 6. The number of rotatable bonds is 5. The minimum absolute atomic E-state index is 0.116. The summed E-state index contributed by atoms with van der Waals surface area (Å²) in [7, 11) is 1.75. The lowest BCUT2D eigenvalue weighted by molar-refractivity contribution is 0.0790. The molecule has 2 heterocycles. The maximum Gasteiger partial charge on any atom is 0.267 e. The first kappa shape index (κ1) is 13.9. The monoisotopic (exact) mass is 306 g/mol. The average molecular weight is 306 g/mol. The van der Waals surface area contributed by atoms with Crippen LogP contribution in [0.15, 0.2) is 16.7 Å². The predicted molar refractivity (Wildman–Crippen MR) is 82.4 cm³/mol. The summed E-state index contributed by atoms with van der Waals surface area (Å²) < 4.78 is 5.25. The van der Waals surface area contributed by atoms with Gasteiger partial charge in [0.1, 0.15) is 16.5 Å². The molecule has 0 spiro atoms. The Hall–Kier alpha value is -2.02. The van der Waals surface area contributed by atoms with Crippen molar-refractivity contribution in [3.8, 4) is 0 Å². The van der Waals surface area contributed by atoms with E-state index in [-0.39, 0.29) is 5.91 Å². The Bertz CT molecular complexity index is 660. The number of carbonyl (C=O) groups excluding carboxylic acids is 1. The third-order valence-corrected chi connectivity index (χ3v) is 4.46. The third kappa shape index (κ3) is 3.02. The number of hydrogen-bond donors (Lipinski definition) is 2. The van der Waals surface area contributed by atoms with E-state index in [1.807, 2.05) is 13.0 Å². The van der Waals surface area contributed by atoms with Gasteiger partial charge in [0.15, 0.2) is 5.13 Å². The Labute approximate surface area is 127 Å². The first-order valence-corrected chi connectivity index (χ1v) is 7.67. The number of carbonyl (C=O) groups is 1. The zero-order chi connectivity index (χ0) is 15.0. The summed E-state index contributed by atoms with van der Waals surface area (Å²) in [6.45, 7) is 2.37. The number of nitrogens with two attached hydrogens (primary N) is 1. The molecule has 1 aliphatic rings. The second kappa shape index (κ2) is 5.40. The van der Waals surface area contributed by atoms with Gasteiger partial charge < -0.3 is 20.4 Å². The van der Waals surface area contributed by atoms with Crippen LogP contribution in [0.5, 0.6) is 0 Å². The van der Waals surface area contributed by atoms with E-state index >= 15 is 0 Å². The van der Waals surface area contributed by atoms with E-state index in [4.69, 9.17) is 10.2 Å². The van der Waals surface area contributed by atoms with Gasteiger partial charge in [0.25, 0.3) is 5.91 Å². The van der Waals surface area contributed by atoms with E-state index in [2.05, 4.69) is 10.3 Å². The number of amides is 1. The van der Waals surface area contributed by atoms with Gasteiger partial charge in [0.05, 0.1) is 6.26 Å². The van der Waals surface area contributed by atoms with E-state index in [1.165, 1.54) is 11.3 Å². The summed E-state index contributed by atoms with van der Waals surface area (Å²) in [4.78, 5) is 18.8. The molecule has 1 aliphatic carbocycles. The number of anilines is 2. The molecule has 1 amide bonds. The number of aromatic nitrogens is 1. The van der Waals surface area contributed by atoms with E-state index in [0.717, 1.165) is 29.3 Å². The molecule has 6 nitrogen and oxygen atoms in total. The van der Waals surface area contributed by atoms with Gasteiger partial charge in [-0.3, -0.25) is 4.79 Å². The van der Waals surface area contributed by atoms with Gasteiger partial charge in [-0.2, -0.15) is 0 Å². The van der Waals surface area contributed by atoms with Crippen molar-refractivity contribution >= 4 is 28.2 Å². The molecule has 0 unspecified atom stereocenters. The highest BCUT2D eigenvalue weighted by Gasteiger charge is 2.25. The number of aryl methyl sites for hydroxylation is 1. The minimum Gasteiger partial charge on any atom is -0.469 e. The van der Waals surface area contributed by atoms with Gasteiger partial charge in [-0.1, -0.05) is 11.3 Å². The number of nitrogens with zero attached hydrogens (tertiary/aromatic N) is 2. The van der Waals surface area contributed by atoms with Crippen LogP contribution in [0.1, 0.15) is 33.8 Å². The van der Waals surface area contributed by atoms with Crippen molar-refractivity contribution in [2.24, 2.45) is 0 Å². The molecule has 112 valence electrons. The Balaban J connectivity index is 1.71. The highest BCUT2D eigenvalue weighted by atomic mass is 32.1. The van der Waals surface area contributed by atoms with Crippen molar-refractivity contribution in [1.29, 1.82) is 0 Å². The second-order valence-corrected chi connectivity index (χ2v) is 6.31. The standard InChI is InChI=1S/C14H18N4O2S/c1-8-9(5-6-20-8)7-18(2)13(19)11-12(15)17-14(21-11)16-10-3-4-10/h5-6,10H,3-4,7,15H2,1-2H3,(H,16,17). The van der Waals surface area contributed by atoms with Crippen molar-refractivity contribution in [3.63, 3.8) is 0 Å². The Morgan fingerprint density at radius 3 is 3.00 bits per heavy atom. The van der Waals surface area contributed by atoms with E-state index < -0.39 is 0 Å². The fourth-order valence-electron chi connectivity index (χ4n) is 2.03. The van der Waals surface area contributed by atoms with Crippen molar-refractivity contribution in [2.45, 2.75) is 32.4 Å². The molecule has 3 rings (SSSR count). The van der Waals surface area contributed by atoms with Crippen LogP contribution in [0.3, 0.4) is 0 Å². The topological polar surface area (TPSA) is 84.4 Å². The quantitative estimate of drug-likeness (QED) is 0.886. The molecule has 0 aliphatic heterocycles. The molecule has 1 fully saturated rings. The third-order valence-electron chi connectivity index (χ3n) is 3.47. The van der Waals surface area contributed by atoms with E-state index in [9.17, 15) is 4.79 Å². The number of thiazole rings is 1. The van der Waals surface area contributed by atoms with Gasteiger partial charge in [-0.05, 0) is 25.8 Å². The molecular formula is C14H18N4O2S. The molecule has 0 bridgehead atoms. The number of nitrogens with one attached hydrogen (secondary N) is 1. The highest BCUT2D eigenvalue weighted by Crippen LogP contribution is 2.31. The van der Waals surface area contributed by atoms with Crippen LogP contribution in [0.2, 0.25) is 0 Å². The van der Waals surface area contributed by atoms with Gasteiger partial charge in [-0.15, -0.1) is 0 Å². The summed E-state index contributed by atoms with van der Waals surface area (Å²) in [5.41, 5.74) is 6.86. The van der Waals surface area contributed by atoms with E-state index in [0.29, 0.717) is 23.3 Å². The van der Waals surface area contributed by atoms with Gasteiger partial charge in [0, 0.05) is 25.2 Å². The van der Waals surface area contributed by atoms with Crippen LogP contribution >= 0.6 is 11.3 Å². The average Bonchev–Trinajstić information content (AvgIpc) is 3.06. The molecule has 21 heavy (non-hydrogen) atoms. The molecule has 0 atom stereocenters. The van der Waals surface area contributed by atoms with Crippen molar-refractivity contribution in [3.05, 3.63) is 28.5 Å². The SMILES string of the molecule is Cc1occc1CN(C)C(=O)c1sc(NC2CC2)nc1N. The Morgan fingerprint density at radius 2 is 2.38 bits per heavy atom. The molecule has 0 aromatic carbocycles. The molecule has 2 aromatic heterocycles. The Morgan fingerprint density at radius 1 is 1.62 bits per heavy atom. The lowest BCUT2D eigenvalue weighted by Gasteiger charge is -2.15. The maximum atomic E-state index is 12.5. The lowest BCUT2D eigenvalue weighted by atomic mass is 10.2. The van der Waals surface area contributed by atoms with Crippen molar-refractivity contribution in [1.82, 2.24) is 9.88 Å². The number of furan rings is 1. The van der Waals surface area contributed by atoms with Crippen LogP contribution < -0.4 is 11.1 Å². The van der Waals surface area contributed by atoms with Crippen LogP contribution in [-0.2, 0) is 6.54 Å². The normalized spacial score (nSPS) is 14.2. The largest absolute Gasteiger partial charge is 0.469 e. The van der Waals surface area contributed by atoms with Crippen LogP contribution in [-0.4, -0.2) is 28.9 Å². The first-order chi connectivity index (χ1) is 10.0. The summed E-state index contributed by atoms with van der Waals surface area (Å²) in [5, 5.41) is 4.00. The molecule has 3 N–H and O–H groups in total. The fourth-order valence-corrected chi connectivity index (χ4v) is 2.98. The summed E-state index contributed by atoms with van der Waals surface area (Å²) in [6.07, 6.45) is 3.94. The molecule has 0 radical (unpaired) electrons. The zero-order valence-corrected chi connectivity index (χ0v) is 12.9. The molecular weight excluding hydrogens is 288 g/mol. The maximum absolute atomic E-state index is 12.5. The van der Waals surface area contributed by atoms with Crippen molar-refractivity contribution < 1.29 is 9.21 Å². The second-order valence-electron chi connectivity index (χ2n) is 5.32. The van der Waals surface area contributed by atoms with Crippen LogP contribution in [0, 0.1) is 6.92 Å². The molecule has 1 saturated carbocycles. The fraction of sp³-hybridized carbons (Fsp3) is 0.429. The van der Waals surface area contributed by atoms with Gasteiger partial charge in [-0.25, -0.2) is 4.98 Å². The first-order valence-electron chi connectivity index (χ1n) is 6.86. The molecule has 7 heteroatoms. The lowest BCUT2D eigenvalue weighted by Crippen LogP contribution is -2.26. The molecule has 2 aromatic rings. The van der Waals surface area contributed by atoms with Crippen LogP contribution in [0.4, 0.5) is 10.9 Å². The highest BCUT2D eigenvalue weighted by molar-refractivity contribution is 7.18. The zero-order valence-electron chi connectivity index (χ0n) is 12.0. The smallest absolute Gasteiger partial charge is 0.267 e. The van der Waals surface area contributed by atoms with Gasteiger partial charge in [0.2, 0.25) is 0 Å². The van der Waals surface area contributed by atoms with Crippen molar-refractivity contribution in [2.75, 3.05) is 18.1 Å². The minimum atomic E-state index is -0.116. The summed E-state index contributed by atoms with van der Waals surface area (Å²) in [5.74, 6) is 1.00. The Kier molecular flexibility index (Phi) is 3.59. The number of nitrogen functional groups attached to an aromatic ring is 1. The summed E-state index contributed by atoms with van der Waals surface area (Å²) >= 11 is 1.32. The van der Waals surface area contributed by atoms with Crippen LogP contribution in [0.25, 0.3) is 0 Å². The van der Waals surface area contributed by atoms with E-state index in [1.54, 1.807) is 18.2 Å². The predicted octanol–water partition coefficient (Wildman–Crippen LogP) is 2.47.